The lowest BCUT2D eigenvalue weighted by atomic mass is 10.2. The summed E-state index contributed by atoms with van der Waals surface area (Å²) >= 11 is 7.18. The minimum Gasteiger partial charge on any atom is -1.00 e. The number of benzene rings is 1. The van der Waals surface area contributed by atoms with E-state index < -0.39 is 5.97 Å². The van der Waals surface area contributed by atoms with Crippen LogP contribution in [0.4, 0.5) is 0 Å². The minimum atomic E-state index is -0.790. The molecule has 0 amide bonds. The van der Waals surface area contributed by atoms with E-state index in [-0.39, 0.29) is 22.7 Å². The second-order valence-electron chi connectivity index (χ2n) is 3.18. The first-order chi connectivity index (χ1) is 8.15. The molecule has 0 unspecified atom stereocenters. The molecule has 0 saturated heterocycles. The Balaban J connectivity index is 0.00000162. The van der Waals surface area contributed by atoms with Gasteiger partial charge in [0, 0.05) is 11.1 Å². The van der Waals surface area contributed by atoms with Crippen molar-refractivity contribution >= 4 is 50.0 Å². The van der Waals surface area contributed by atoms with Crippen LogP contribution in [0.25, 0.3) is 10.4 Å². The Bertz CT molecular complexity index is 527. The van der Waals surface area contributed by atoms with Gasteiger partial charge in [0.25, 0.3) is 4.21 Å². The van der Waals surface area contributed by atoms with Gasteiger partial charge in [-0.2, -0.15) is 0 Å². The molecule has 0 spiro atoms. The Morgan fingerprint density at radius 2 is 2.06 bits per heavy atom. The van der Waals surface area contributed by atoms with Crippen molar-refractivity contribution in [2.45, 2.75) is 4.21 Å². The maximum atomic E-state index is 10.5. The van der Waals surface area contributed by atoms with Crippen molar-refractivity contribution in [3.8, 4) is 10.4 Å². The molecule has 0 aliphatic carbocycles. The summed E-state index contributed by atoms with van der Waals surface area (Å²) in [6.07, 6.45) is 0. The van der Waals surface area contributed by atoms with Crippen LogP contribution in [0.1, 0.15) is 0 Å². The average Bonchev–Trinajstić information content (AvgIpc) is 2.76. The second kappa shape index (κ2) is 7.45. The molecular formula is C11H8BrClO2S3. The predicted molar refractivity (Wildman–Crippen MR) is 75.4 cm³/mol. The van der Waals surface area contributed by atoms with Crippen molar-refractivity contribution < 1.29 is 26.9 Å². The lowest BCUT2D eigenvalue weighted by Gasteiger charge is -1.93. The molecule has 18 heavy (non-hydrogen) atoms. The zero-order valence-corrected chi connectivity index (χ0v) is 13.7. The maximum absolute atomic E-state index is 10.5. The fraction of sp³-hybridized carbons (Fsp3) is 0.0909. The van der Waals surface area contributed by atoms with E-state index in [0.29, 0.717) is 0 Å². The van der Waals surface area contributed by atoms with Gasteiger partial charge >= 0.3 is 16.3 Å². The smallest absolute Gasteiger partial charge is 0.314 e. The van der Waals surface area contributed by atoms with E-state index in [1.165, 1.54) is 11.8 Å². The summed E-state index contributed by atoms with van der Waals surface area (Å²) in [4.78, 5) is 11.6. The fourth-order valence-corrected chi connectivity index (χ4v) is 4.87. The van der Waals surface area contributed by atoms with Gasteiger partial charge in [-0.05, 0) is 17.7 Å². The monoisotopic (exact) mass is 382 g/mol. The molecule has 0 saturated carbocycles. The van der Waals surface area contributed by atoms with Gasteiger partial charge in [0.05, 0.1) is 4.88 Å². The first kappa shape index (κ1) is 15.9. The Hall–Kier alpha value is -0.140. The van der Waals surface area contributed by atoms with Crippen molar-refractivity contribution in [3.63, 3.8) is 0 Å². The molecule has 1 aromatic carbocycles. The number of carbonyl (C=O) groups is 1. The number of aliphatic carboxylic acids is 1. The molecule has 2 rings (SSSR count). The Morgan fingerprint density at radius 1 is 1.39 bits per heavy atom. The van der Waals surface area contributed by atoms with Gasteiger partial charge in [0.15, 0.2) is 10.3 Å². The summed E-state index contributed by atoms with van der Waals surface area (Å²) < 4.78 is 1.03. The number of hydrogen-bond donors (Lipinski definition) is 1. The van der Waals surface area contributed by atoms with E-state index >= 15 is 0 Å². The number of thioether (sulfide) groups is 1. The van der Waals surface area contributed by atoms with Crippen LogP contribution < -0.4 is 17.0 Å². The third-order valence-corrected chi connectivity index (χ3v) is 6.12. The van der Waals surface area contributed by atoms with Gasteiger partial charge in [0.2, 0.25) is 0 Å². The third-order valence-electron chi connectivity index (χ3n) is 1.93. The molecular weight excluding hydrogens is 376 g/mol. The molecule has 0 fully saturated rings. The third kappa shape index (κ3) is 4.51. The van der Waals surface area contributed by atoms with E-state index in [0.717, 1.165) is 19.7 Å². The van der Waals surface area contributed by atoms with Gasteiger partial charge in [-0.15, -0.1) is 0 Å². The highest BCUT2D eigenvalue weighted by Gasteiger charge is 2.16. The standard InChI is InChI=1S/C11H7ClO2S3.BrH/c12-8-3-1-7(2-4-8)9-5-11(17-16-9)15-6-10(13)14;/h1-5H,6H2;1H. The van der Waals surface area contributed by atoms with Gasteiger partial charge < -0.3 is 22.1 Å². The van der Waals surface area contributed by atoms with Gasteiger partial charge in [-0.3, -0.25) is 4.79 Å². The number of halogens is 2. The SMILES string of the molecule is O=C(O)CSc1cc(-c2ccc(Cl)cc2)s[s+]1.[Br-]. The molecule has 0 aliphatic rings. The maximum Gasteiger partial charge on any atom is 0.314 e. The van der Waals surface area contributed by atoms with Gasteiger partial charge in [-0.25, -0.2) is 0 Å². The van der Waals surface area contributed by atoms with E-state index in [2.05, 4.69) is 0 Å². The molecule has 0 aliphatic heterocycles. The second-order valence-corrected chi connectivity index (χ2v) is 7.11. The van der Waals surface area contributed by atoms with Crippen LogP contribution in [-0.2, 0) is 4.79 Å². The topological polar surface area (TPSA) is 37.3 Å². The number of rotatable bonds is 4. The van der Waals surface area contributed by atoms with Crippen LogP contribution in [0.2, 0.25) is 5.02 Å². The van der Waals surface area contributed by atoms with Crippen LogP contribution in [-0.4, -0.2) is 16.8 Å². The number of carboxylic acid groups (broad SMARTS) is 1. The Labute approximate surface area is 132 Å². The average molecular weight is 384 g/mol. The van der Waals surface area contributed by atoms with Crippen LogP contribution >= 0.6 is 44.0 Å². The highest BCUT2D eigenvalue weighted by atomic mass is 79.9. The largest absolute Gasteiger partial charge is 1.00 e. The summed E-state index contributed by atoms with van der Waals surface area (Å²) in [6, 6.07) is 9.65. The predicted octanol–water partition coefficient (Wildman–Crippen LogP) is 1.59. The summed E-state index contributed by atoms with van der Waals surface area (Å²) in [6.45, 7) is 0. The zero-order chi connectivity index (χ0) is 12.3. The van der Waals surface area contributed by atoms with Gasteiger partial charge in [0.1, 0.15) is 5.75 Å². The normalized spacial score (nSPS) is 9.83. The van der Waals surface area contributed by atoms with E-state index in [1.807, 2.05) is 30.3 Å². The molecule has 0 bridgehead atoms. The van der Waals surface area contributed by atoms with E-state index in [1.54, 1.807) is 20.7 Å². The highest BCUT2D eigenvalue weighted by molar-refractivity contribution is 8.03. The van der Waals surface area contributed by atoms with Crippen molar-refractivity contribution in [1.82, 2.24) is 0 Å². The Kier molecular flexibility index (Phi) is 6.59. The van der Waals surface area contributed by atoms with Crippen LogP contribution in [0.3, 0.4) is 0 Å². The van der Waals surface area contributed by atoms with E-state index in [9.17, 15) is 4.79 Å². The fourth-order valence-electron chi connectivity index (χ4n) is 1.19. The molecule has 0 radical (unpaired) electrons. The molecule has 1 heterocycles. The van der Waals surface area contributed by atoms with Crippen molar-refractivity contribution in [1.29, 1.82) is 0 Å². The molecule has 7 heteroatoms. The molecule has 2 nitrogen and oxygen atoms in total. The highest BCUT2D eigenvalue weighted by Crippen LogP contribution is 2.37. The summed E-state index contributed by atoms with van der Waals surface area (Å²) in [5.41, 5.74) is 1.11. The first-order valence-electron chi connectivity index (χ1n) is 4.69. The quantitative estimate of drug-likeness (QED) is 0.495. The summed E-state index contributed by atoms with van der Waals surface area (Å²) in [5.74, 6) is -0.686. The molecule has 96 valence electrons. The summed E-state index contributed by atoms with van der Waals surface area (Å²) in [5, 5.41) is 9.32. The van der Waals surface area contributed by atoms with Gasteiger partial charge in [-0.1, -0.05) is 35.5 Å². The van der Waals surface area contributed by atoms with Crippen LogP contribution in [0, 0.1) is 0 Å². The summed E-state index contributed by atoms with van der Waals surface area (Å²) in [7, 11) is 3.24. The Morgan fingerprint density at radius 3 is 2.67 bits per heavy atom. The number of hydrogen-bond acceptors (Lipinski definition) is 3. The van der Waals surface area contributed by atoms with Crippen molar-refractivity contribution in [3.05, 3.63) is 35.4 Å². The van der Waals surface area contributed by atoms with Crippen molar-refractivity contribution in [2.24, 2.45) is 0 Å². The molecule has 2 aromatic rings. The van der Waals surface area contributed by atoms with Crippen LogP contribution in [0.15, 0.2) is 34.5 Å². The molecule has 1 aromatic heterocycles. The van der Waals surface area contributed by atoms with Crippen LogP contribution in [0.5, 0.6) is 0 Å². The lowest BCUT2D eigenvalue weighted by molar-refractivity contribution is -0.133. The van der Waals surface area contributed by atoms with Crippen molar-refractivity contribution in [2.75, 3.05) is 5.75 Å². The van der Waals surface area contributed by atoms with E-state index in [4.69, 9.17) is 16.7 Å². The number of carboxylic acids is 1. The zero-order valence-electron chi connectivity index (χ0n) is 8.93. The molecule has 1 N–H and O–H groups in total. The first-order valence-corrected chi connectivity index (χ1v) is 8.20. The molecule has 0 atom stereocenters. The lowest BCUT2D eigenvalue weighted by Crippen LogP contribution is -3.00. The minimum absolute atomic E-state index is 0.